The topological polar surface area (TPSA) is 0 Å². The van der Waals surface area contributed by atoms with Gasteiger partial charge in [-0.15, -0.1) is 0 Å². The van der Waals surface area contributed by atoms with Crippen LogP contribution in [0.15, 0.2) is 24.3 Å². The Labute approximate surface area is 118 Å². The van der Waals surface area contributed by atoms with Crippen molar-refractivity contribution in [1.29, 1.82) is 0 Å². The molecule has 2 atom stereocenters. The van der Waals surface area contributed by atoms with Gasteiger partial charge in [-0.05, 0) is 11.1 Å². The number of alkyl halides is 4. The highest BCUT2D eigenvalue weighted by Gasteiger charge is 2.15. The van der Waals surface area contributed by atoms with Gasteiger partial charge in [-0.3, -0.25) is 0 Å². The van der Waals surface area contributed by atoms with E-state index >= 15 is 0 Å². The van der Waals surface area contributed by atoms with Crippen molar-refractivity contribution in [2.45, 2.75) is 9.65 Å². The Bertz CT molecular complexity index is 258. The van der Waals surface area contributed by atoms with Crippen LogP contribution in [0.2, 0.25) is 0 Å². The fourth-order valence-electron chi connectivity index (χ4n) is 1.25. The van der Waals surface area contributed by atoms with Gasteiger partial charge in [0.15, 0.2) is 0 Å². The Balaban J connectivity index is 3.02. The molecule has 0 aliphatic carbocycles. The van der Waals surface area contributed by atoms with Gasteiger partial charge in [0, 0.05) is 20.3 Å². The summed E-state index contributed by atoms with van der Waals surface area (Å²) in [5, 5.41) is 1.85. The largest absolute Gasteiger partial charge is 0.0912 e. The molecular formula is C10H10Br4. The van der Waals surface area contributed by atoms with E-state index in [-0.39, 0.29) is 0 Å². The van der Waals surface area contributed by atoms with Crippen LogP contribution in [0.25, 0.3) is 0 Å². The standard InChI is InChI=1S/C10H10Br4/c11-5-9(13)7-3-1-2-4-8(7)10(14)6-12/h1-4,9-10H,5-6H2. The summed E-state index contributed by atoms with van der Waals surface area (Å²) in [7, 11) is 0. The minimum atomic E-state index is 0.373. The van der Waals surface area contributed by atoms with E-state index in [2.05, 4.69) is 88.0 Å². The summed E-state index contributed by atoms with van der Waals surface area (Å²) in [6, 6.07) is 8.47. The van der Waals surface area contributed by atoms with E-state index in [1.807, 2.05) is 0 Å². The van der Waals surface area contributed by atoms with E-state index in [9.17, 15) is 0 Å². The maximum Gasteiger partial charge on any atom is 0.0495 e. The molecule has 0 spiro atoms. The summed E-state index contributed by atoms with van der Waals surface area (Å²) in [5.74, 6) is 0. The number of hydrogen-bond acceptors (Lipinski definition) is 0. The lowest BCUT2D eigenvalue weighted by Gasteiger charge is -2.15. The van der Waals surface area contributed by atoms with Crippen molar-refractivity contribution >= 4 is 63.7 Å². The maximum atomic E-state index is 3.65. The van der Waals surface area contributed by atoms with E-state index in [1.165, 1.54) is 11.1 Å². The zero-order valence-corrected chi connectivity index (χ0v) is 13.7. The second-order valence-corrected chi connectivity index (χ2v) is 6.38. The van der Waals surface area contributed by atoms with Gasteiger partial charge >= 0.3 is 0 Å². The molecule has 1 aromatic carbocycles. The van der Waals surface area contributed by atoms with Crippen LogP contribution in [0.1, 0.15) is 20.8 Å². The maximum absolute atomic E-state index is 3.65. The molecule has 78 valence electrons. The second kappa shape index (κ2) is 6.66. The molecule has 0 radical (unpaired) electrons. The van der Waals surface area contributed by atoms with Crippen molar-refractivity contribution in [1.82, 2.24) is 0 Å². The van der Waals surface area contributed by atoms with Gasteiger partial charge in [0.1, 0.15) is 0 Å². The third-order valence-corrected chi connectivity index (χ3v) is 6.61. The van der Waals surface area contributed by atoms with Crippen LogP contribution in [0.3, 0.4) is 0 Å². The van der Waals surface area contributed by atoms with Gasteiger partial charge < -0.3 is 0 Å². The van der Waals surface area contributed by atoms with Crippen LogP contribution >= 0.6 is 63.7 Å². The average molecular weight is 450 g/mol. The predicted octanol–water partition coefficient (Wildman–Crippen LogP) is 5.35. The Morgan fingerprint density at radius 1 is 0.857 bits per heavy atom. The summed E-state index contributed by atoms with van der Waals surface area (Å²) in [5.41, 5.74) is 2.68. The summed E-state index contributed by atoms with van der Waals surface area (Å²) < 4.78 is 0. The lowest BCUT2D eigenvalue weighted by atomic mass is 10.0. The third kappa shape index (κ3) is 3.32. The molecule has 0 amide bonds. The van der Waals surface area contributed by atoms with E-state index in [1.54, 1.807) is 0 Å². The molecule has 0 bridgehead atoms. The molecule has 0 aliphatic rings. The van der Waals surface area contributed by atoms with Gasteiger partial charge in [0.25, 0.3) is 0 Å². The molecule has 0 heterocycles. The number of rotatable bonds is 4. The molecule has 14 heavy (non-hydrogen) atoms. The lowest BCUT2D eigenvalue weighted by Crippen LogP contribution is -2.00. The fourth-order valence-corrected chi connectivity index (χ4v) is 2.78. The fraction of sp³-hybridized carbons (Fsp3) is 0.400. The minimum absolute atomic E-state index is 0.373. The highest BCUT2D eigenvalue weighted by atomic mass is 79.9. The molecule has 0 aliphatic heterocycles. The smallest absolute Gasteiger partial charge is 0.0495 e. The quantitative estimate of drug-likeness (QED) is 0.544. The van der Waals surface area contributed by atoms with Gasteiger partial charge in [-0.2, -0.15) is 0 Å². The Morgan fingerprint density at radius 2 is 1.21 bits per heavy atom. The van der Waals surface area contributed by atoms with Crippen LogP contribution < -0.4 is 0 Å². The van der Waals surface area contributed by atoms with Crippen LogP contribution in [0.4, 0.5) is 0 Å². The van der Waals surface area contributed by atoms with E-state index in [4.69, 9.17) is 0 Å². The van der Waals surface area contributed by atoms with Crippen LogP contribution in [-0.4, -0.2) is 10.7 Å². The van der Waals surface area contributed by atoms with Crippen molar-refractivity contribution in [3.05, 3.63) is 35.4 Å². The molecule has 0 N–H and O–H groups in total. The zero-order chi connectivity index (χ0) is 10.6. The van der Waals surface area contributed by atoms with E-state index < -0.39 is 0 Å². The zero-order valence-electron chi connectivity index (χ0n) is 7.39. The molecule has 0 fully saturated rings. The molecule has 0 saturated heterocycles. The first-order valence-electron chi connectivity index (χ1n) is 4.19. The lowest BCUT2D eigenvalue weighted by molar-refractivity contribution is 1.05. The van der Waals surface area contributed by atoms with Crippen LogP contribution in [0, 0.1) is 0 Å². The summed E-state index contributed by atoms with van der Waals surface area (Å²) in [6.07, 6.45) is 0. The normalized spacial score (nSPS) is 15.1. The summed E-state index contributed by atoms with van der Waals surface area (Å²) in [6.45, 7) is 0. The Hall–Kier alpha value is 1.14. The SMILES string of the molecule is BrCC(Br)c1ccccc1C(Br)CBr. The molecule has 1 rings (SSSR count). The van der Waals surface area contributed by atoms with Crippen molar-refractivity contribution < 1.29 is 0 Å². The third-order valence-electron chi connectivity index (χ3n) is 1.94. The van der Waals surface area contributed by atoms with E-state index in [0.717, 1.165) is 10.7 Å². The number of halogens is 4. The van der Waals surface area contributed by atoms with Crippen LogP contribution in [-0.2, 0) is 0 Å². The molecule has 0 aromatic heterocycles. The van der Waals surface area contributed by atoms with Gasteiger partial charge in [-0.25, -0.2) is 0 Å². The molecule has 2 unspecified atom stereocenters. The molecular weight excluding hydrogens is 440 g/mol. The van der Waals surface area contributed by atoms with Gasteiger partial charge in [-0.1, -0.05) is 88.0 Å². The summed E-state index contributed by atoms with van der Waals surface area (Å²) in [4.78, 5) is 0.746. The second-order valence-electron chi connectivity index (χ2n) is 2.87. The molecule has 0 saturated carbocycles. The van der Waals surface area contributed by atoms with Gasteiger partial charge in [0.05, 0.1) is 0 Å². The average Bonchev–Trinajstić information content (AvgIpc) is 2.27. The highest BCUT2D eigenvalue weighted by molar-refractivity contribution is 9.12. The number of hydrogen-bond donors (Lipinski definition) is 0. The predicted molar refractivity (Wildman–Crippen MR) is 77.4 cm³/mol. The minimum Gasteiger partial charge on any atom is -0.0912 e. The summed E-state index contributed by atoms with van der Waals surface area (Å²) >= 11 is 14.3. The molecule has 0 nitrogen and oxygen atoms in total. The molecule has 1 aromatic rings. The van der Waals surface area contributed by atoms with Crippen LogP contribution in [0.5, 0.6) is 0 Å². The Morgan fingerprint density at radius 3 is 1.50 bits per heavy atom. The van der Waals surface area contributed by atoms with Crippen molar-refractivity contribution in [3.8, 4) is 0 Å². The monoisotopic (exact) mass is 446 g/mol. The van der Waals surface area contributed by atoms with E-state index in [0.29, 0.717) is 9.65 Å². The number of benzene rings is 1. The van der Waals surface area contributed by atoms with Crippen molar-refractivity contribution in [2.75, 3.05) is 10.7 Å². The van der Waals surface area contributed by atoms with Crippen molar-refractivity contribution in [2.24, 2.45) is 0 Å². The van der Waals surface area contributed by atoms with Crippen molar-refractivity contribution in [3.63, 3.8) is 0 Å². The highest BCUT2D eigenvalue weighted by Crippen LogP contribution is 2.34. The first-order chi connectivity index (χ1) is 6.70. The molecule has 4 heteroatoms. The van der Waals surface area contributed by atoms with Gasteiger partial charge in [0.2, 0.25) is 0 Å². The Kier molecular flexibility index (Phi) is 6.29. The first kappa shape index (κ1) is 13.2. The first-order valence-corrected chi connectivity index (χ1v) is 8.27.